The maximum absolute atomic E-state index is 6.29. The van der Waals surface area contributed by atoms with Crippen molar-refractivity contribution >= 4 is 45.4 Å². The second-order valence-electron chi connectivity index (χ2n) is 4.53. The molecule has 2 aromatic heterocycles. The lowest BCUT2D eigenvalue weighted by molar-refractivity contribution is 1.19. The number of aryl methyl sites for hydroxylation is 2. The van der Waals surface area contributed by atoms with Crippen LogP contribution in [0.15, 0.2) is 24.3 Å². The molecule has 0 amide bonds. The standard InChI is InChI=1S/C15H12Cl2N2S/c1-3-9-4-7-12(20-9)15-18-13-8(2)11(16)6-5-10(13)14(17)19-15/h4-7H,3H2,1-2H3. The SMILES string of the molecule is CCc1ccc(-c2nc(Cl)c3ccc(Cl)c(C)c3n2)s1. The van der Waals surface area contributed by atoms with Gasteiger partial charge in [0.15, 0.2) is 5.82 Å². The zero-order valence-electron chi connectivity index (χ0n) is 11.1. The van der Waals surface area contributed by atoms with Crippen molar-refractivity contribution in [3.8, 4) is 10.7 Å². The average molecular weight is 323 g/mol. The van der Waals surface area contributed by atoms with E-state index in [1.807, 2.05) is 25.1 Å². The lowest BCUT2D eigenvalue weighted by Crippen LogP contribution is -1.92. The van der Waals surface area contributed by atoms with Crippen LogP contribution in [-0.2, 0) is 6.42 Å². The molecule has 1 aromatic carbocycles. The Hall–Kier alpha value is -1.16. The zero-order chi connectivity index (χ0) is 14.3. The Kier molecular flexibility index (Phi) is 3.67. The highest BCUT2D eigenvalue weighted by atomic mass is 35.5. The average Bonchev–Trinajstić information content (AvgIpc) is 2.92. The number of nitrogens with zero attached hydrogens (tertiary/aromatic N) is 2. The maximum Gasteiger partial charge on any atom is 0.171 e. The van der Waals surface area contributed by atoms with Crippen LogP contribution in [0.1, 0.15) is 17.4 Å². The third-order valence-corrected chi connectivity index (χ3v) is 5.16. The van der Waals surface area contributed by atoms with Crippen molar-refractivity contribution in [3.05, 3.63) is 44.9 Å². The molecule has 102 valence electrons. The Balaban J connectivity index is 2.25. The van der Waals surface area contributed by atoms with Crippen LogP contribution >= 0.6 is 34.5 Å². The van der Waals surface area contributed by atoms with E-state index in [1.54, 1.807) is 11.3 Å². The molecule has 0 fully saturated rings. The molecule has 3 rings (SSSR count). The summed E-state index contributed by atoms with van der Waals surface area (Å²) in [5.74, 6) is 0.664. The third-order valence-electron chi connectivity index (χ3n) is 3.24. The topological polar surface area (TPSA) is 25.8 Å². The van der Waals surface area contributed by atoms with Gasteiger partial charge < -0.3 is 0 Å². The molecule has 2 heterocycles. The first-order valence-corrected chi connectivity index (χ1v) is 7.89. The molecule has 0 aliphatic heterocycles. The van der Waals surface area contributed by atoms with Gasteiger partial charge in [-0.1, -0.05) is 30.1 Å². The number of aromatic nitrogens is 2. The molecule has 20 heavy (non-hydrogen) atoms. The molecule has 0 saturated carbocycles. The van der Waals surface area contributed by atoms with Crippen molar-refractivity contribution in [3.63, 3.8) is 0 Å². The predicted molar refractivity (Wildman–Crippen MR) is 87.0 cm³/mol. The van der Waals surface area contributed by atoms with Gasteiger partial charge in [-0.25, -0.2) is 9.97 Å². The molecule has 5 heteroatoms. The Morgan fingerprint density at radius 3 is 2.60 bits per heavy atom. The van der Waals surface area contributed by atoms with Gasteiger partial charge in [0, 0.05) is 15.3 Å². The minimum absolute atomic E-state index is 0.469. The summed E-state index contributed by atoms with van der Waals surface area (Å²) in [6, 6.07) is 7.84. The molecule has 0 N–H and O–H groups in total. The monoisotopic (exact) mass is 322 g/mol. The molecule has 0 unspecified atom stereocenters. The minimum Gasteiger partial charge on any atom is -0.227 e. The van der Waals surface area contributed by atoms with Crippen LogP contribution in [0.2, 0.25) is 10.2 Å². The van der Waals surface area contributed by atoms with E-state index in [-0.39, 0.29) is 0 Å². The molecule has 0 spiro atoms. The van der Waals surface area contributed by atoms with E-state index in [2.05, 4.69) is 23.0 Å². The summed E-state index contributed by atoms with van der Waals surface area (Å²) in [7, 11) is 0. The highest BCUT2D eigenvalue weighted by Crippen LogP contribution is 2.32. The zero-order valence-corrected chi connectivity index (χ0v) is 13.4. The van der Waals surface area contributed by atoms with Crippen molar-refractivity contribution in [2.24, 2.45) is 0 Å². The lowest BCUT2D eigenvalue weighted by atomic mass is 10.1. The first-order valence-electron chi connectivity index (χ1n) is 6.31. The summed E-state index contributed by atoms with van der Waals surface area (Å²) < 4.78 is 0. The Morgan fingerprint density at radius 2 is 1.90 bits per heavy atom. The van der Waals surface area contributed by atoms with Crippen LogP contribution in [0, 0.1) is 6.92 Å². The van der Waals surface area contributed by atoms with E-state index < -0.39 is 0 Å². The third kappa shape index (κ3) is 2.30. The molecule has 0 aliphatic carbocycles. The molecule has 2 nitrogen and oxygen atoms in total. The summed E-state index contributed by atoms with van der Waals surface area (Å²) in [6.07, 6.45) is 1.01. The van der Waals surface area contributed by atoms with Gasteiger partial charge in [0.05, 0.1) is 10.4 Å². The molecule has 3 aromatic rings. The smallest absolute Gasteiger partial charge is 0.171 e. The Morgan fingerprint density at radius 1 is 1.10 bits per heavy atom. The van der Waals surface area contributed by atoms with Crippen molar-refractivity contribution in [2.75, 3.05) is 0 Å². The van der Waals surface area contributed by atoms with Crippen molar-refractivity contribution < 1.29 is 0 Å². The summed E-state index contributed by atoms with van der Waals surface area (Å²) in [6.45, 7) is 4.08. The molecular formula is C15H12Cl2N2S. The maximum atomic E-state index is 6.29. The second kappa shape index (κ2) is 5.32. The predicted octanol–water partition coefficient (Wildman–Crippen LogP) is 5.54. The molecular weight excluding hydrogens is 311 g/mol. The van der Waals surface area contributed by atoms with Gasteiger partial charge in [-0.3, -0.25) is 0 Å². The number of hydrogen-bond donors (Lipinski definition) is 0. The fourth-order valence-corrected chi connectivity index (χ4v) is 3.34. The van der Waals surface area contributed by atoms with Crippen LogP contribution in [0.5, 0.6) is 0 Å². The summed E-state index contributed by atoms with van der Waals surface area (Å²) in [4.78, 5) is 11.4. The minimum atomic E-state index is 0.469. The molecule has 0 atom stereocenters. The highest BCUT2D eigenvalue weighted by Gasteiger charge is 2.12. The van der Waals surface area contributed by atoms with Gasteiger partial charge in [0.2, 0.25) is 0 Å². The number of thiophene rings is 1. The Labute approximate surface area is 131 Å². The van der Waals surface area contributed by atoms with Crippen LogP contribution in [0.3, 0.4) is 0 Å². The van der Waals surface area contributed by atoms with Crippen molar-refractivity contribution in [1.29, 1.82) is 0 Å². The van der Waals surface area contributed by atoms with E-state index in [1.165, 1.54) is 4.88 Å². The van der Waals surface area contributed by atoms with Gasteiger partial charge in [-0.15, -0.1) is 11.3 Å². The lowest BCUT2D eigenvalue weighted by Gasteiger charge is -2.06. The van der Waals surface area contributed by atoms with Crippen molar-refractivity contribution in [1.82, 2.24) is 9.97 Å². The molecule has 0 aliphatic rings. The fraction of sp³-hybridized carbons (Fsp3) is 0.200. The second-order valence-corrected chi connectivity index (χ2v) is 6.46. The van der Waals surface area contributed by atoms with Crippen LogP contribution in [0.4, 0.5) is 0 Å². The number of hydrogen-bond acceptors (Lipinski definition) is 3. The summed E-state index contributed by atoms with van der Waals surface area (Å²) in [5.41, 5.74) is 1.75. The van der Waals surface area contributed by atoms with Gasteiger partial charge >= 0.3 is 0 Å². The Bertz CT molecular complexity index is 796. The number of benzene rings is 1. The molecule has 0 bridgehead atoms. The van der Waals surface area contributed by atoms with Gasteiger partial charge in [0.25, 0.3) is 0 Å². The number of rotatable bonds is 2. The number of halogens is 2. The van der Waals surface area contributed by atoms with Crippen LogP contribution in [0.25, 0.3) is 21.6 Å². The quantitative estimate of drug-likeness (QED) is 0.579. The van der Waals surface area contributed by atoms with E-state index >= 15 is 0 Å². The van der Waals surface area contributed by atoms with Crippen LogP contribution < -0.4 is 0 Å². The first-order chi connectivity index (χ1) is 9.60. The largest absolute Gasteiger partial charge is 0.227 e. The van der Waals surface area contributed by atoms with Crippen LogP contribution in [-0.4, -0.2) is 9.97 Å². The first kappa shape index (κ1) is 13.8. The van der Waals surface area contributed by atoms with Gasteiger partial charge in [-0.2, -0.15) is 0 Å². The molecule has 0 radical (unpaired) electrons. The number of fused-ring (bicyclic) bond motifs is 1. The highest BCUT2D eigenvalue weighted by molar-refractivity contribution is 7.15. The fourth-order valence-electron chi connectivity index (χ4n) is 2.07. The van der Waals surface area contributed by atoms with E-state index in [9.17, 15) is 0 Å². The van der Waals surface area contributed by atoms with E-state index in [0.29, 0.717) is 16.0 Å². The summed E-state index contributed by atoms with van der Waals surface area (Å²) >= 11 is 14.1. The van der Waals surface area contributed by atoms with Crippen molar-refractivity contribution in [2.45, 2.75) is 20.3 Å². The van der Waals surface area contributed by atoms with E-state index in [0.717, 1.165) is 27.8 Å². The van der Waals surface area contributed by atoms with Gasteiger partial charge in [-0.05, 0) is 43.2 Å². The summed E-state index contributed by atoms with van der Waals surface area (Å²) in [5, 5.41) is 2.00. The normalized spacial score (nSPS) is 11.2. The van der Waals surface area contributed by atoms with E-state index in [4.69, 9.17) is 23.2 Å². The molecule has 0 saturated heterocycles. The van der Waals surface area contributed by atoms with Gasteiger partial charge in [0.1, 0.15) is 5.15 Å².